The van der Waals surface area contributed by atoms with Crippen LogP contribution in [-0.2, 0) is 10.0 Å². The van der Waals surface area contributed by atoms with Crippen molar-refractivity contribution < 1.29 is 27.2 Å². The maximum absolute atomic E-state index is 13.5. The van der Waals surface area contributed by atoms with Gasteiger partial charge in [-0.05, 0) is 60.7 Å². The zero-order valence-corrected chi connectivity index (χ0v) is 19.6. The molecule has 0 bridgehead atoms. The van der Waals surface area contributed by atoms with Crippen molar-refractivity contribution >= 4 is 49.8 Å². The molecule has 0 aliphatic rings. The molecule has 0 fully saturated rings. The largest absolute Gasteiger partial charge is 0.497 e. The number of benzene rings is 3. The molecule has 0 atom stereocenters. The number of ether oxygens (including phenoxy) is 1. The monoisotopic (exact) mass is 503 g/mol. The summed E-state index contributed by atoms with van der Waals surface area (Å²) in [5.41, 5.74) is 1.56. The molecule has 4 aromatic rings. The molecule has 34 heavy (non-hydrogen) atoms. The number of sulfonamides is 1. The van der Waals surface area contributed by atoms with Crippen LogP contribution in [0.15, 0.2) is 71.6 Å². The van der Waals surface area contributed by atoms with Crippen LogP contribution in [0.3, 0.4) is 0 Å². The van der Waals surface area contributed by atoms with Crippen molar-refractivity contribution in [2.75, 3.05) is 19.5 Å². The number of nitrogens with zero attached hydrogens (tertiary/aromatic N) is 1. The molecule has 11 heteroatoms. The van der Waals surface area contributed by atoms with Gasteiger partial charge in [0.25, 0.3) is 15.9 Å². The first-order valence-electron chi connectivity index (χ1n) is 9.85. The Hall–Kier alpha value is -3.76. The lowest BCUT2D eigenvalue weighted by Crippen LogP contribution is -2.32. The van der Waals surface area contributed by atoms with Crippen LogP contribution in [0.5, 0.6) is 5.75 Å². The van der Waals surface area contributed by atoms with Gasteiger partial charge in [0.05, 0.1) is 22.5 Å². The van der Waals surface area contributed by atoms with Gasteiger partial charge >= 0.3 is 0 Å². The number of halogens is 2. The lowest BCUT2D eigenvalue weighted by atomic mass is 10.2. The second kappa shape index (κ2) is 9.24. The average Bonchev–Trinajstić information content (AvgIpc) is 3.21. The minimum absolute atomic E-state index is 0.0408. The van der Waals surface area contributed by atoms with E-state index in [2.05, 4.69) is 10.0 Å². The van der Waals surface area contributed by atoms with Gasteiger partial charge in [-0.25, -0.2) is 17.5 Å². The summed E-state index contributed by atoms with van der Waals surface area (Å²) in [4.78, 5) is 18.2. The van der Waals surface area contributed by atoms with E-state index in [1.807, 2.05) is 0 Å². The van der Waals surface area contributed by atoms with Gasteiger partial charge in [-0.3, -0.25) is 4.79 Å². The molecule has 0 radical (unpaired) electrons. The van der Waals surface area contributed by atoms with Gasteiger partial charge in [0, 0.05) is 16.8 Å². The third kappa shape index (κ3) is 4.50. The van der Waals surface area contributed by atoms with Crippen LogP contribution in [0.25, 0.3) is 10.9 Å². The van der Waals surface area contributed by atoms with Crippen molar-refractivity contribution in [3.8, 4) is 5.75 Å². The lowest BCUT2D eigenvalue weighted by molar-refractivity contribution is 0.0931. The van der Waals surface area contributed by atoms with Crippen molar-refractivity contribution in [2.45, 2.75) is 4.90 Å². The summed E-state index contributed by atoms with van der Waals surface area (Å²) in [7, 11) is -1.34. The Kier molecular flexibility index (Phi) is 6.36. The van der Waals surface area contributed by atoms with Crippen molar-refractivity contribution in [1.29, 1.82) is 0 Å². The van der Waals surface area contributed by atoms with Crippen LogP contribution >= 0.6 is 11.6 Å². The summed E-state index contributed by atoms with van der Waals surface area (Å²) >= 11 is 5.86. The summed E-state index contributed by atoms with van der Waals surface area (Å²) in [5, 5.41) is 3.64. The molecule has 8 nitrogen and oxygen atoms in total. The molecular formula is C23H19ClFN3O5S. The molecule has 0 saturated heterocycles. The highest BCUT2D eigenvalue weighted by atomic mass is 35.5. The van der Waals surface area contributed by atoms with E-state index in [-0.39, 0.29) is 15.6 Å². The van der Waals surface area contributed by atoms with E-state index in [4.69, 9.17) is 21.2 Å². The van der Waals surface area contributed by atoms with E-state index in [0.29, 0.717) is 28.0 Å². The Bertz CT molecular complexity index is 1490. The van der Waals surface area contributed by atoms with Crippen LogP contribution in [-0.4, -0.2) is 33.3 Å². The zero-order chi connectivity index (χ0) is 24.5. The molecular weight excluding hydrogens is 485 g/mol. The van der Waals surface area contributed by atoms with Gasteiger partial charge < -0.3 is 14.9 Å². The molecule has 4 rings (SSSR count). The van der Waals surface area contributed by atoms with Gasteiger partial charge in [0.15, 0.2) is 0 Å². The van der Waals surface area contributed by atoms with Crippen LogP contribution < -0.4 is 19.6 Å². The SMILES string of the molecule is COc1ccc(S(=O)(=O)NC(=O)c2cc3c(Nc4ccc(F)c(Cl)c4)cccc3n2OC)cc1. The van der Waals surface area contributed by atoms with Gasteiger partial charge in [-0.2, -0.15) is 4.73 Å². The molecule has 1 aromatic heterocycles. The van der Waals surface area contributed by atoms with Crippen LogP contribution in [0.2, 0.25) is 5.02 Å². The molecule has 3 aromatic carbocycles. The van der Waals surface area contributed by atoms with Gasteiger partial charge in [0.1, 0.15) is 24.4 Å². The number of rotatable bonds is 7. The first-order valence-corrected chi connectivity index (χ1v) is 11.7. The topological polar surface area (TPSA) is 98.7 Å². The number of fused-ring (bicyclic) bond motifs is 1. The normalized spacial score (nSPS) is 11.3. The van der Waals surface area contributed by atoms with Gasteiger partial charge in [0.2, 0.25) is 0 Å². The maximum Gasteiger partial charge on any atom is 0.285 e. The fourth-order valence-electron chi connectivity index (χ4n) is 3.39. The van der Waals surface area contributed by atoms with Crippen molar-refractivity contribution in [2.24, 2.45) is 0 Å². The van der Waals surface area contributed by atoms with Gasteiger partial charge in [-0.15, -0.1) is 0 Å². The summed E-state index contributed by atoms with van der Waals surface area (Å²) < 4.78 is 47.2. The summed E-state index contributed by atoms with van der Waals surface area (Å²) in [6, 6.07) is 16.5. The van der Waals surface area contributed by atoms with E-state index >= 15 is 0 Å². The lowest BCUT2D eigenvalue weighted by Gasteiger charge is -2.11. The quantitative estimate of drug-likeness (QED) is 0.389. The molecule has 0 aliphatic heterocycles. The van der Waals surface area contributed by atoms with Crippen molar-refractivity contribution in [1.82, 2.24) is 9.45 Å². The number of amides is 1. The Balaban J connectivity index is 1.68. The number of methoxy groups -OCH3 is 1. The Labute approximate surface area is 199 Å². The summed E-state index contributed by atoms with van der Waals surface area (Å²) in [6.45, 7) is 0. The summed E-state index contributed by atoms with van der Waals surface area (Å²) in [6.07, 6.45) is 0. The predicted molar refractivity (Wildman–Crippen MR) is 127 cm³/mol. The molecule has 0 aliphatic carbocycles. The molecule has 0 saturated carbocycles. The van der Waals surface area contributed by atoms with Crippen LogP contribution in [0.4, 0.5) is 15.8 Å². The maximum atomic E-state index is 13.5. The smallest absolute Gasteiger partial charge is 0.285 e. The number of nitrogens with one attached hydrogen (secondary N) is 2. The second-order valence-electron chi connectivity index (χ2n) is 7.11. The highest BCUT2D eigenvalue weighted by molar-refractivity contribution is 7.90. The van der Waals surface area contributed by atoms with Crippen LogP contribution in [0.1, 0.15) is 10.5 Å². The Morgan fingerprint density at radius 2 is 1.76 bits per heavy atom. The van der Waals surface area contributed by atoms with Crippen LogP contribution in [0, 0.1) is 5.82 Å². The summed E-state index contributed by atoms with van der Waals surface area (Å²) in [5.74, 6) is -0.954. The molecule has 1 amide bonds. The van der Waals surface area contributed by atoms with E-state index in [9.17, 15) is 17.6 Å². The van der Waals surface area contributed by atoms with E-state index < -0.39 is 21.7 Å². The number of hydrogen-bond acceptors (Lipinski definition) is 6. The van der Waals surface area contributed by atoms with Crippen molar-refractivity contribution in [3.05, 3.63) is 83.3 Å². The number of anilines is 2. The standard InChI is InChI=1S/C23H19ClFN3O5S/c1-32-15-7-9-16(10-8-15)34(30,31)27-23(29)22-13-17-20(4-3-5-21(17)28(22)33-2)26-14-6-11-19(25)18(24)12-14/h3-13,26H,1-2H3,(H,27,29). The molecule has 0 unspecified atom stereocenters. The van der Waals surface area contributed by atoms with E-state index in [1.165, 1.54) is 67.5 Å². The molecule has 2 N–H and O–H groups in total. The first kappa shape index (κ1) is 23.4. The fraction of sp³-hybridized carbons (Fsp3) is 0.0870. The third-order valence-corrected chi connectivity index (χ3v) is 6.65. The molecule has 0 spiro atoms. The van der Waals surface area contributed by atoms with E-state index in [0.717, 1.165) is 0 Å². The first-order chi connectivity index (χ1) is 16.2. The fourth-order valence-corrected chi connectivity index (χ4v) is 4.53. The number of carbonyl (C=O) groups is 1. The predicted octanol–water partition coefficient (Wildman–Crippen LogP) is 4.36. The average molecular weight is 504 g/mol. The number of hydrogen-bond donors (Lipinski definition) is 2. The third-order valence-electron chi connectivity index (χ3n) is 5.01. The highest BCUT2D eigenvalue weighted by Gasteiger charge is 2.24. The number of aromatic nitrogens is 1. The molecule has 176 valence electrons. The van der Waals surface area contributed by atoms with Gasteiger partial charge in [-0.1, -0.05) is 17.7 Å². The Morgan fingerprint density at radius 3 is 2.41 bits per heavy atom. The second-order valence-corrected chi connectivity index (χ2v) is 9.20. The minimum atomic E-state index is -4.15. The number of carbonyl (C=O) groups excluding carboxylic acids is 1. The molecule has 1 heterocycles. The Morgan fingerprint density at radius 1 is 1.03 bits per heavy atom. The van der Waals surface area contributed by atoms with E-state index in [1.54, 1.807) is 18.2 Å². The minimum Gasteiger partial charge on any atom is -0.497 e. The highest BCUT2D eigenvalue weighted by Crippen LogP contribution is 2.30. The zero-order valence-electron chi connectivity index (χ0n) is 18.0. The van der Waals surface area contributed by atoms with Crippen molar-refractivity contribution in [3.63, 3.8) is 0 Å².